The predicted octanol–water partition coefficient (Wildman–Crippen LogP) is 2.70. The molecule has 2 bridgehead atoms. The zero-order valence-corrected chi connectivity index (χ0v) is 17.5. The number of aryl methyl sites for hydroxylation is 2. The Balaban J connectivity index is 1.47. The van der Waals surface area contributed by atoms with E-state index in [1.54, 1.807) is 11.3 Å². The average Bonchev–Trinajstić information content (AvgIpc) is 3.06. The van der Waals surface area contributed by atoms with E-state index in [1.165, 1.54) is 21.8 Å². The molecule has 148 valence electrons. The van der Waals surface area contributed by atoms with Crippen LogP contribution in [0, 0.1) is 19.8 Å². The fourth-order valence-electron chi connectivity index (χ4n) is 4.33. The minimum Gasteiger partial charge on any atom is -0.379 e. The SMILES string of the molecule is CCCn1ncc(CN2C[C@H]3COC[C@@H]2CN(Cc2scnc2C)C3)c1C. The Hall–Kier alpha value is -1.28. The number of aromatic nitrogens is 3. The molecule has 0 N–H and O–H groups in total. The Labute approximate surface area is 166 Å². The molecule has 2 aromatic rings. The van der Waals surface area contributed by atoms with Crippen LogP contribution >= 0.6 is 11.3 Å². The zero-order chi connectivity index (χ0) is 18.8. The first-order valence-corrected chi connectivity index (χ1v) is 11.0. The first-order chi connectivity index (χ1) is 13.1. The van der Waals surface area contributed by atoms with E-state index in [0.717, 1.165) is 58.9 Å². The van der Waals surface area contributed by atoms with Gasteiger partial charge >= 0.3 is 0 Å². The number of fused-ring (bicyclic) bond motifs is 3. The van der Waals surface area contributed by atoms with Gasteiger partial charge in [-0.2, -0.15) is 5.10 Å². The molecule has 0 amide bonds. The first-order valence-electron chi connectivity index (χ1n) is 10.1. The van der Waals surface area contributed by atoms with E-state index in [-0.39, 0.29) is 0 Å². The monoisotopic (exact) mass is 389 g/mol. The summed E-state index contributed by atoms with van der Waals surface area (Å²) in [5.74, 6) is 0.566. The van der Waals surface area contributed by atoms with Crippen LogP contribution in [0.1, 0.15) is 35.2 Å². The first kappa shape index (κ1) is 19.1. The van der Waals surface area contributed by atoms with Crippen molar-refractivity contribution in [1.82, 2.24) is 24.6 Å². The Morgan fingerprint density at radius 3 is 2.85 bits per heavy atom. The highest BCUT2D eigenvalue weighted by Crippen LogP contribution is 2.25. The largest absolute Gasteiger partial charge is 0.379 e. The molecule has 2 saturated heterocycles. The topological polar surface area (TPSA) is 46.4 Å². The van der Waals surface area contributed by atoms with Gasteiger partial charge in [-0.15, -0.1) is 11.3 Å². The van der Waals surface area contributed by atoms with Gasteiger partial charge in [-0.3, -0.25) is 14.5 Å². The lowest BCUT2D eigenvalue weighted by Gasteiger charge is -2.31. The summed E-state index contributed by atoms with van der Waals surface area (Å²) in [6.07, 6.45) is 3.19. The predicted molar refractivity (Wildman–Crippen MR) is 108 cm³/mol. The summed E-state index contributed by atoms with van der Waals surface area (Å²) in [5, 5.41) is 4.60. The lowest BCUT2D eigenvalue weighted by atomic mass is 10.1. The number of rotatable bonds is 6. The molecule has 27 heavy (non-hydrogen) atoms. The van der Waals surface area contributed by atoms with Crippen molar-refractivity contribution in [2.24, 2.45) is 5.92 Å². The minimum absolute atomic E-state index is 0.444. The van der Waals surface area contributed by atoms with Crippen molar-refractivity contribution in [3.63, 3.8) is 0 Å². The van der Waals surface area contributed by atoms with Crippen LogP contribution in [0.25, 0.3) is 0 Å². The van der Waals surface area contributed by atoms with Gasteiger partial charge in [0.1, 0.15) is 0 Å². The minimum atomic E-state index is 0.444. The number of ether oxygens (including phenoxy) is 1. The summed E-state index contributed by atoms with van der Waals surface area (Å²) >= 11 is 1.78. The molecular formula is C20H31N5OS. The van der Waals surface area contributed by atoms with Crippen LogP contribution in [0.2, 0.25) is 0 Å². The second kappa shape index (κ2) is 8.39. The Morgan fingerprint density at radius 2 is 2.07 bits per heavy atom. The Morgan fingerprint density at radius 1 is 1.19 bits per heavy atom. The van der Waals surface area contributed by atoms with Crippen molar-refractivity contribution < 1.29 is 4.74 Å². The highest BCUT2D eigenvalue weighted by molar-refractivity contribution is 7.09. The van der Waals surface area contributed by atoms with E-state index in [9.17, 15) is 0 Å². The van der Waals surface area contributed by atoms with Gasteiger partial charge in [0.15, 0.2) is 0 Å². The summed E-state index contributed by atoms with van der Waals surface area (Å²) < 4.78 is 8.16. The molecule has 2 fully saturated rings. The zero-order valence-electron chi connectivity index (χ0n) is 16.7. The van der Waals surface area contributed by atoms with Gasteiger partial charge in [0.25, 0.3) is 0 Å². The summed E-state index contributed by atoms with van der Waals surface area (Å²) in [6, 6.07) is 0.444. The van der Waals surface area contributed by atoms with Crippen molar-refractivity contribution in [1.29, 1.82) is 0 Å². The molecule has 2 aromatic heterocycles. The van der Waals surface area contributed by atoms with Crippen LogP contribution in [-0.4, -0.2) is 63.5 Å². The molecule has 7 heteroatoms. The lowest BCUT2D eigenvalue weighted by molar-refractivity contribution is 0.0472. The van der Waals surface area contributed by atoms with Gasteiger partial charge in [-0.1, -0.05) is 6.92 Å². The average molecular weight is 390 g/mol. The van der Waals surface area contributed by atoms with E-state index in [1.807, 2.05) is 5.51 Å². The van der Waals surface area contributed by atoms with E-state index in [0.29, 0.717) is 12.0 Å². The molecule has 0 radical (unpaired) electrons. The van der Waals surface area contributed by atoms with E-state index in [4.69, 9.17) is 4.74 Å². The van der Waals surface area contributed by atoms with E-state index >= 15 is 0 Å². The Kier molecular flexibility index (Phi) is 5.92. The van der Waals surface area contributed by atoms with Crippen LogP contribution in [0.15, 0.2) is 11.7 Å². The smallest absolute Gasteiger partial charge is 0.0798 e. The normalized spacial score (nSPS) is 24.3. The third kappa shape index (κ3) is 4.26. The summed E-state index contributed by atoms with van der Waals surface area (Å²) in [4.78, 5) is 11.1. The van der Waals surface area contributed by atoms with Gasteiger partial charge < -0.3 is 4.74 Å². The van der Waals surface area contributed by atoms with Crippen LogP contribution in [0.3, 0.4) is 0 Å². The summed E-state index contributed by atoms with van der Waals surface area (Å²) in [7, 11) is 0. The van der Waals surface area contributed by atoms with Crippen molar-refractivity contribution in [3.8, 4) is 0 Å². The highest BCUT2D eigenvalue weighted by atomic mass is 32.1. The molecule has 0 aliphatic carbocycles. The molecule has 0 saturated carbocycles. The quantitative estimate of drug-likeness (QED) is 0.760. The Bertz CT molecular complexity index is 757. The van der Waals surface area contributed by atoms with E-state index < -0.39 is 0 Å². The van der Waals surface area contributed by atoms with Crippen molar-refractivity contribution in [2.75, 3.05) is 32.8 Å². The van der Waals surface area contributed by atoms with Crippen molar-refractivity contribution in [2.45, 2.75) is 52.9 Å². The molecular weight excluding hydrogens is 358 g/mol. The molecule has 0 aromatic carbocycles. The van der Waals surface area contributed by atoms with Crippen LogP contribution in [0.4, 0.5) is 0 Å². The van der Waals surface area contributed by atoms with Gasteiger partial charge in [0.05, 0.1) is 30.6 Å². The molecule has 2 aliphatic heterocycles. The maximum absolute atomic E-state index is 6.01. The number of thiazole rings is 1. The van der Waals surface area contributed by atoms with Crippen molar-refractivity contribution in [3.05, 3.63) is 33.5 Å². The maximum atomic E-state index is 6.01. The lowest BCUT2D eigenvalue weighted by Crippen LogP contribution is -2.43. The fraction of sp³-hybridized carbons (Fsp3) is 0.700. The fourth-order valence-corrected chi connectivity index (χ4v) is 5.14. The third-order valence-corrected chi connectivity index (χ3v) is 6.80. The molecule has 2 aliphatic rings. The highest BCUT2D eigenvalue weighted by Gasteiger charge is 2.34. The van der Waals surface area contributed by atoms with E-state index in [2.05, 4.69) is 51.5 Å². The third-order valence-electron chi connectivity index (χ3n) is 5.88. The van der Waals surface area contributed by atoms with Gasteiger partial charge in [0, 0.05) is 67.4 Å². The number of hydrogen-bond donors (Lipinski definition) is 0. The molecule has 0 unspecified atom stereocenters. The van der Waals surface area contributed by atoms with Gasteiger partial charge in [0.2, 0.25) is 0 Å². The standard InChI is InChI=1S/C20H31N5OS/c1-4-5-25-16(3)18(6-22-25)9-24-8-17-7-23(10-19(24)13-26-12-17)11-20-15(2)21-14-27-20/h6,14,17,19H,4-5,7-13H2,1-3H3/t17-,19-/m0/s1. The second-order valence-electron chi connectivity index (χ2n) is 8.02. The molecule has 4 heterocycles. The molecule has 0 spiro atoms. The van der Waals surface area contributed by atoms with Gasteiger partial charge in [-0.05, 0) is 20.3 Å². The van der Waals surface area contributed by atoms with Crippen molar-refractivity contribution >= 4 is 11.3 Å². The summed E-state index contributed by atoms with van der Waals surface area (Å²) in [6.45, 7) is 14.5. The molecule has 2 atom stereocenters. The van der Waals surface area contributed by atoms with Crippen LogP contribution in [0.5, 0.6) is 0 Å². The molecule has 4 rings (SSSR count). The van der Waals surface area contributed by atoms with Crippen LogP contribution in [-0.2, 0) is 24.4 Å². The second-order valence-corrected chi connectivity index (χ2v) is 8.96. The molecule has 6 nitrogen and oxygen atoms in total. The number of hydrogen-bond acceptors (Lipinski definition) is 6. The van der Waals surface area contributed by atoms with Crippen LogP contribution < -0.4 is 0 Å². The maximum Gasteiger partial charge on any atom is 0.0798 e. The van der Waals surface area contributed by atoms with Gasteiger partial charge in [-0.25, -0.2) is 4.98 Å². The number of nitrogens with zero attached hydrogens (tertiary/aromatic N) is 5. The summed E-state index contributed by atoms with van der Waals surface area (Å²) in [5.41, 5.74) is 5.83.